The Kier molecular flexibility index (Phi) is 4.90. The van der Waals surface area contributed by atoms with Gasteiger partial charge in [-0.15, -0.1) is 12.4 Å². The monoisotopic (exact) mass is 277 g/mol. The SMILES string of the molecule is COc1ccc(Cl)cc1[C@@H]1CCOC(=O)N1.Cl. The number of rotatable bonds is 2. The second-order valence-electron chi connectivity index (χ2n) is 3.51. The van der Waals surface area contributed by atoms with Gasteiger partial charge in [0.1, 0.15) is 5.75 Å². The highest BCUT2D eigenvalue weighted by atomic mass is 35.5. The molecule has 1 aromatic rings. The Morgan fingerprint density at radius 3 is 2.94 bits per heavy atom. The fraction of sp³-hybridized carbons (Fsp3) is 0.364. The van der Waals surface area contributed by atoms with Crippen LogP contribution in [0.3, 0.4) is 0 Å². The molecule has 0 unspecified atom stereocenters. The smallest absolute Gasteiger partial charge is 0.407 e. The summed E-state index contributed by atoms with van der Waals surface area (Å²) in [6, 6.07) is 5.25. The van der Waals surface area contributed by atoms with E-state index in [1.54, 1.807) is 25.3 Å². The van der Waals surface area contributed by atoms with Crippen LogP contribution in [0.5, 0.6) is 5.75 Å². The highest BCUT2D eigenvalue weighted by Gasteiger charge is 2.23. The van der Waals surface area contributed by atoms with Gasteiger partial charge in [0, 0.05) is 17.0 Å². The molecule has 0 saturated carbocycles. The predicted octanol–water partition coefficient (Wildman–Crippen LogP) is 2.94. The lowest BCUT2D eigenvalue weighted by molar-refractivity contribution is 0.115. The van der Waals surface area contributed by atoms with Crippen LogP contribution in [0.2, 0.25) is 5.02 Å². The van der Waals surface area contributed by atoms with E-state index in [9.17, 15) is 4.79 Å². The first kappa shape index (κ1) is 13.9. The number of hydrogen-bond donors (Lipinski definition) is 1. The van der Waals surface area contributed by atoms with Crippen molar-refractivity contribution in [1.82, 2.24) is 5.32 Å². The zero-order valence-corrected chi connectivity index (χ0v) is 10.8. The van der Waals surface area contributed by atoms with Gasteiger partial charge in [-0.1, -0.05) is 11.6 Å². The molecule has 6 heteroatoms. The molecular formula is C11H13Cl2NO3. The lowest BCUT2D eigenvalue weighted by atomic mass is 10.0. The molecule has 1 aromatic carbocycles. The summed E-state index contributed by atoms with van der Waals surface area (Å²) in [5.41, 5.74) is 0.881. The number of ether oxygens (including phenoxy) is 2. The Labute approximate surface area is 111 Å². The number of benzene rings is 1. The van der Waals surface area contributed by atoms with Gasteiger partial charge in [-0.2, -0.15) is 0 Å². The summed E-state index contributed by atoms with van der Waals surface area (Å²) in [4.78, 5) is 11.1. The lowest BCUT2D eigenvalue weighted by Crippen LogP contribution is -2.35. The van der Waals surface area contributed by atoms with Gasteiger partial charge < -0.3 is 14.8 Å². The average Bonchev–Trinajstić information content (AvgIpc) is 2.29. The molecule has 1 atom stereocenters. The number of methoxy groups -OCH3 is 1. The maximum Gasteiger partial charge on any atom is 0.407 e. The van der Waals surface area contributed by atoms with E-state index in [2.05, 4.69) is 5.32 Å². The molecule has 0 bridgehead atoms. The maximum atomic E-state index is 11.1. The van der Waals surface area contributed by atoms with Gasteiger partial charge >= 0.3 is 6.09 Å². The quantitative estimate of drug-likeness (QED) is 0.904. The number of cyclic esters (lactones) is 1. The molecule has 1 fully saturated rings. The summed E-state index contributed by atoms with van der Waals surface area (Å²) in [7, 11) is 1.59. The fourth-order valence-corrected chi connectivity index (χ4v) is 1.92. The van der Waals surface area contributed by atoms with Crippen molar-refractivity contribution in [2.24, 2.45) is 0 Å². The van der Waals surface area contributed by atoms with Crippen LogP contribution in [-0.2, 0) is 4.74 Å². The van der Waals surface area contributed by atoms with Gasteiger partial charge in [-0.3, -0.25) is 0 Å². The minimum absolute atomic E-state index is 0. The zero-order chi connectivity index (χ0) is 11.5. The van der Waals surface area contributed by atoms with Gasteiger partial charge in [-0.05, 0) is 18.2 Å². The van der Waals surface area contributed by atoms with Crippen molar-refractivity contribution < 1.29 is 14.3 Å². The molecule has 1 N–H and O–H groups in total. The van der Waals surface area contributed by atoms with Crippen molar-refractivity contribution in [3.8, 4) is 5.75 Å². The topological polar surface area (TPSA) is 47.6 Å². The van der Waals surface area contributed by atoms with Crippen molar-refractivity contribution in [3.63, 3.8) is 0 Å². The zero-order valence-electron chi connectivity index (χ0n) is 9.23. The second kappa shape index (κ2) is 5.98. The predicted molar refractivity (Wildman–Crippen MR) is 67.1 cm³/mol. The molecule has 94 valence electrons. The van der Waals surface area contributed by atoms with Crippen molar-refractivity contribution in [3.05, 3.63) is 28.8 Å². The fourth-order valence-electron chi connectivity index (χ4n) is 1.74. The third-order valence-corrected chi connectivity index (χ3v) is 2.73. The maximum absolute atomic E-state index is 11.1. The molecule has 17 heavy (non-hydrogen) atoms. The van der Waals surface area contributed by atoms with E-state index in [0.29, 0.717) is 18.1 Å². The molecule has 1 aliphatic heterocycles. The Hall–Kier alpha value is -1.13. The van der Waals surface area contributed by atoms with E-state index in [0.717, 1.165) is 11.3 Å². The van der Waals surface area contributed by atoms with Crippen LogP contribution in [0.4, 0.5) is 4.79 Å². The van der Waals surface area contributed by atoms with Crippen LogP contribution in [0.25, 0.3) is 0 Å². The number of carbonyl (C=O) groups is 1. The van der Waals surface area contributed by atoms with E-state index in [4.69, 9.17) is 21.1 Å². The number of alkyl carbamates (subject to hydrolysis) is 1. The normalized spacial score (nSPS) is 18.7. The van der Waals surface area contributed by atoms with E-state index >= 15 is 0 Å². The molecule has 0 spiro atoms. The van der Waals surface area contributed by atoms with E-state index in [1.165, 1.54) is 0 Å². The molecule has 0 aliphatic carbocycles. The van der Waals surface area contributed by atoms with E-state index in [1.807, 2.05) is 0 Å². The summed E-state index contributed by atoms with van der Waals surface area (Å²) in [5.74, 6) is 0.719. The Balaban J connectivity index is 0.00000144. The van der Waals surface area contributed by atoms with Crippen LogP contribution in [0.15, 0.2) is 18.2 Å². The standard InChI is InChI=1S/C11H12ClNO3.ClH/c1-15-10-3-2-7(12)6-8(10)9-4-5-16-11(14)13-9;/h2-3,6,9H,4-5H2,1H3,(H,13,14);1H/t9-;/m0./s1. The number of halogens is 2. The Bertz CT molecular complexity index is 412. The summed E-state index contributed by atoms with van der Waals surface area (Å²) in [6.45, 7) is 0.409. The number of carbonyl (C=O) groups excluding carboxylic acids is 1. The van der Waals surface area contributed by atoms with Crippen LogP contribution in [-0.4, -0.2) is 19.8 Å². The van der Waals surface area contributed by atoms with Crippen LogP contribution >= 0.6 is 24.0 Å². The van der Waals surface area contributed by atoms with Crippen LogP contribution in [0, 0.1) is 0 Å². The molecule has 1 heterocycles. The first-order valence-corrected chi connectivity index (χ1v) is 5.35. The van der Waals surface area contributed by atoms with Crippen molar-refractivity contribution in [2.45, 2.75) is 12.5 Å². The van der Waals surface area contributed by atoms with Gasteiger partial charge in [0.15, 0.2) is 0 Å². The molecular weight excluding hydrogens is 265 g/mol. The largest absolute Gasteiger partial charge is 0.496 e. The highest BCUT2D eigenvalue weighted by Crippen LogP contribution is 2.31. The van der Waals surface area contributed by atoms with Crippen molar-refractivity contribution >= 4 is 30.1 Å². The lowest BCUT2D eigenvalue weighted by Gasteiger charge is -2.25. The minimum Gasteiger partial charge on any atom is -0.496 e. The van der Waals surface area contributed by atoms with E-state index in [-0.39, 0.29) is 18.4 Å². The first-order chi connectivity index (χ1) is 7.70. The van der Waals surface area contributed by atoms with Gasteiger partial charge in [0.05, 0.1) is 19.8 Å². The van der Waals surface area contributed by atoms with Gasteiger partial charge in [0.2, 0.25) is 0 Å². The average molecular weight is 278 g/mol. The molecule has 2 rings (SSSR count). The van der Waals surface area contributed by atoms with Crippen LogP contribution < -0.4 is 10.1 Å². The molecule has 0 radical (unpaired) electrons. The van der Waals surface area contributed by atoms with E-state index < -0.39 is 6.09 Å². The summed E-state index contributed by atoms with van der Waals surface area (Å²) < 4.78 is 10.0. The highest BCUT2D eigenvalue weighted by molar-refractivity contribution is 6.30. The summed E-state index contributed by atoms with van der Waals surface area (Å²) in [6.07, 6.45) is 0.306. The Morgan fingerprint density at radius 1 is 1.53 bits per heavy atom. The van der Waals surface area contributed by atoms with Gasteiger partial charge in [-0.25, -0.2) is 4.79 Å². The minimum atomic E-state index is -0.404. The number of hydrogen-bond acceptors (Lipinski definition) is 3. The number of nitrogens with one attached hydrogen (secondary N) is 1. The Morgan fingerprint density at radius 2 is 2.29 bits per heavy atom. The molecule has 4 nitrogen and oxygen atoms in total. The second-order valence-corrected chi connectivity index (χ2v) is 3.94. The van der Waals surface area contributed by atoms with Crippen molar-refractivity contribution in [2.75, 3.05) is 13.7 Å². The van der Waals surface area contributed by atoms with Crippen molar-refractivity contribution in [1.29, 1.82) is 0 Å². The third-order valence-electron chi connectivity index (χ3n) is 2.50. The molecule has 1 amide bonds. The molecule has 0 aromatic heterocycles. The summed E-state index contributed by atoms with van der Waals surface area (Å²) in [5, 5.41) is 3.36. The van der Waals surface area contributed by atoms with Crippen LogP contribution in [0.1, 0.15) is 18.0 Å². The molecule has 1 aliphatic rings. The van der Waals surface area contributed by atoms with Gasteiger partial charge in [0.25, 0.3) is 0 Å². The third kappa shape index (κ3) is 3.17. The first-order valence-electron chi connectivity index (χ1n) is 4.97. The molecule has 1 saturated heterocycles. The summed E-state index contributed by atoms with van der Waals surface area (Å²) >= 11 is 5.93. The number of amides is 1.